The average molecular weight is 291 g/mol. The van der Waals surface area contributed by atoms with Crippen LogP contribution in [-0.2, 0) is 6.54 Å². The second-order valence-corrected chi connectivity index (χ2v) is 4.04. The maximum atomic E-state index is 12.1. The molecule has 9 heteroatoms. The third-order valence-electron chi connectivity index (χ3n) is 2.59. The molecule has 0 fully saturated rings. The van der Waals surface area contributed by atoms with Crippen molar-refractivity contribution >= 4 is 17.4 Å². The molecule has 0 saturated carbocycles. The number of nitrogens with zero attached hydrogens (tertiary/aromatic N) is 3. The van der Waals surface area contributed by atoms with Crippen LogP contribution in [0.1, 0.15) is 23.0 Å². The van der Waals surface area contributed by atoms with Gasteiger partial charge >= 0.3 is 0 Å². The Bertz CT molecular complexity index is 641. The number of carbonyl (C=O) groups excluding carboxylic acids is 1. The van der Waals surface area contributed by atoms with E-state index in [1.807, 2.05) is 6.92 Å². The lowest BCUT2D eigenvalue weighted by Gasteiger charge is -2.09. The van der Waals surface area contributed by atoms with Gasteiger partial charge in [0.1, 0.15) is 12.0 Å². The standard InChI is InChI=1S/C12H13N5O4/c1-2-13-11-10(5-8(6-14-11)17(19)20)12(18)15-7-9-3-4-16-21-9/h3-6H,2,7H2,1H3,(H,13,14)(H,15,18). The van der Waals surface area contributed by atoms with Crippen molar-refractivity contribution < 1.29 is 14.2 Å². The fourth-order valence-electron chi connectivity index (χ4n) is 1.63. The summed E-state index contributed by atoms with van der Waals surface area (Å²) in [6.07, 6.45) is 2.56. The lowest BCUT2D eigenvalue weighted by molar-refractivity contribution is -0.385. The Labute approximate surface area is 119 Å². The summed E-state index contributed by atoms with van der Waals surface area (Å²) in [6.45, 7) is 2.50. The summed E-state index contributed by atoms with van der Waals surface area (Å²) in [7, 11) is 0. The molecule has 0 radical (unpaired) electrons. The molecule has 2 rings (SSSR count). The highest BCUT2D eigenvalue weighted by molar-refractivity contribution is 5.99. The van der Waals surface area contributed by atoms with Crippen LogP contribution in [0.4, 0.5) is 11.5 Å². The molecule has 21 heavy (non-hydrogen) atoms. The van der Waals surface area contributed by atoms with Gasteiger partial charge in [-0.2, -0.15) is 0 Å². The van der Waals surface area contributed by atoms with Gasteiger partial charge in [-0.05, 0) is 6.92 Å². The summed E-state index contributed by atoms with van der Waals surface area (Å²) in [6, 6.07) is 2.79. The molecule has 1 amide bonds. The fraction of sp³-hybridized carbons (Fsp3) is 0.250. The number of aromatic nitrogens is 2. The Hall–Kier alpha value is -2.97. The largest absolute Gasteiger partial charge is 0.370 e. The SMILES string of the molecule is CCNc1ncc([N+](=O)[O-])cc1C(=O)NCc1ccno1. The highest BCUT2D eigenvalue weighted by atomic mass is 16.6. The average Bonchev–Trinajstić information content (AvgIpc) is 2.98. The maximum Gasteiger partial charge on any atom is 0.288 e. The minimum atomic E-state index is -0.601. The van der Waals surface area contributed by atoms with E-state index in [1.165, 1.54) is 12.3 Å². The smallest absolute Gasteiger partial charge is 0.288 e. The normalized spacial score (nSPS) is 10.1. The number of carbonyl (C=O) groups is 1. The molecule has 2 aromatic rings. The molecule has 0 bridgehead atoms. The van der Waals surface area contributed by atoms with Crippen molar-refractivity contribution in [2.75, 3.05) is 11.9 Å². The molecule has 2 heterocycles. The first-order valence-corrected chi connectivity index (χ1v) is 6.18. The lowest BCUT2D eigenvalue weighted by atomic mass is 10.2. The quantitative estimate of drug-likeness (QED) is 0.608. The first-order chi connectivity index (χ1) is 10.1. The number of nitro groups is 1. The van der Waals surface area contributed by atoms with Gasteiger partial charge in [0.25, 0.3) is 11.6 Å². The number of hydrogen-bond donors (Lipinski definition) is 2. The van der Waals surface area contributed by atoms with Crippen LogP contribution in [0.5, 0.6) is 0 Å². The third kappa shape index (κ3) is 3.53. The zero-order valence-electron chi connectivity index (χ0n) is 11.2. The summed E-state index contributed by atoms with van der Waals surface area (Å²) in [5.41, 5.74) is -0.146. The van der Waals surface area contributed by atoms with Gasteiger partial charge < -0.3 is 15.2 Å². The van der Waals surface area contributed by atoms with Gasteiger partial charge in [0.05, 0.1) is 23.2 Å². The monoisotopic (exact) mass is 291 g/mol. The minimum Gasteiger partial charge on any atom is -0.370 e. The van der Waals surface area contributed by atoms with Crippen LogP contribution >= 0.6 is 0 Å². The molecule has 0 aliphatic rings. The Kier molecular flexibility index (Phi) is 4.44. The molecular formula is C12H13N5O4. The molecule has 0 atom stereocenters. The maximum absolute atomic E-state index is 12.1. The van der Waals surface area contributed by atoms with Crippen LogP contribution < -0.4 is 10.6 Å². The second-order valence-electron chi connectivity index (χ2n) is 4.04. The molecular weight excluding hydrogens is 278 g/mol. The van der Waals surface area contributed by atoms with Crippen molar-refractivity contribution in [3.05, 3.63) is 46.0 Å². The predicted molar refractivity (Wildman–Crippen MR) is 72.7 cm³/mol. The van der Waals surface area contributed by atoms with Gasteiger partial charge in [-0.15, -0.1) is 0 Å². The zero-order valence-corrected chi connectivity index (χ0v) is 11.2. The predicted octanol–water partition coefficient (Wildman–Crippen LogP) is 1.34. The van der Waals surface area contributed by atoms with E-state index in [-0.39, 0.29) is 23.6 Å². The number of anilines is 1. The summed E-state index contributed by atoms with van der Waals surface area (Å²) < 4.78 is 4.86. The minimum absolute atomic E-state index is 0.102. The van der Waals surface area contributed by atoms with Crippen LogP contribution in [0, 0.1) is 10.1 Å². The van der Waals surface area contributed by atoms with Gasteiger partial charge in [-0.25, -0.2) is 4.98 Å². The van der Waals surface area contributed by atoms with Gasteiger partial charge in [-0.1, -0.05) is 5.16 Å². The van der Waals surface area contributed by atoms with E-state index in [0.29, 0.717) is 12.3 Å². The van der Waals surface area contributed by atoms with E-state index in [2.05, 4.69) is 20.8 Å². The first kappa shape index (κ1) is 14.4. The molecule has 2 N–H and O–H groups in total. The fourth-order valence-corrected chi connectivity index (χ4v) is 1.63. The molecule has 0 unspecified atom stereocenters. The lowest BCUT2D eigenvalue weighted by Crippen LogP contribution is -2.24. The van der Waals surface area contributed by atoms with E-state index >= 15 is 0 Å². The van der Waals surface area contributed by atoms with Gasteiger partial charge in [-0.3, -0.25) is 14.9 Å². The Balaban J connectivity index is 2.20. The topological polar surface area (TPSA) is 123 Å². The third-order valence-corrected chi connectivity index (χ3v) is 2.59. The van der Waals surface area contributed by atoms with Gasteiger partial charge in [0.2, 0.25) is 0 Å². The summed E-state index contributed by atoms with van der Waals surface area (Å²) >= 11 is 0. The first-order valence-electron chi connectivity index (χ1n) is 6.18. The number of amides is 1. The van der Waals surface area contributed by atoms with Crippen LogP contribution in [0.3, 0.4) is 0 Å². The highest BCUT2D eigenvalue weighted by Crippen LogP contribution is 2.19. The van der Waals surface area contributed by atoms with Crippen LogP contribution in [0.2, 0.25) is 0 Å². The number of hydrogen-bond acceptors (Lipinski definition) is 7. The van der Waals surface area contributed by atoms with Gasteiger partial charge in [0.15, 0.2) is 5.76 Å². The van der Waals surface area contributed by atoms with E-state index in [0.717, 1.165) is 6.20 Å². The Morgan fingerprint density at radius 1 is 1.52 bits per heavy atom. The van der Waals surface area contributed by atoms with Crippen molar-refractivity contribution in [3.8, 4) is 0 Å². The molecule has 0 spiro atoms. The van der Waals surface area contributed by atoms with Crippen molar-refractivity contribution in [1.29, 1.82) is 0 Å². The van der Waals surface area contributed by atoms with Crippen molar-refractivity contribution in [2.24, 2.45) is 0 Å². The molecule has 2 aromatic heterocycles. The molecule has 110 valence electrons. The van der Waals surface area contributed by atoms with Gasteiger partial charge in [0, 0.05) is 18.7 Å². The Morgan fingerprint density at radius 2 is 2.33 bits per heavy atom. The number of pyridine rings is 1. The summed E-state index contributed by atoms with van der Waals surface area (Å²) in [5, 5.41) is 19.8. The molecule has 0 aliphatic carbocycles. The number of nitrogens with one attached hydrogen (secondary N) is 2. The van der Waals surface area contributed by atoms with E-state index in [9.17, 15) is 14.9 Å². The van der Waals surface area contributed by atoms with E-state index in [1.54, 1.807) is 6.07 Å². The van der Waals surface area contributed by atoms with Crippen LogP contribution in [0.15, 0.2) is 29.0 Å². The van der Waals surface area contributed by atoms with Crippen molar-refractivity contribution in [1.82, 2.24) is 15.5 Å². The van der Waals surface area contributed by atoms with Crippen LogP contribution in [-0.4, -0.2) is 27.5 Å². The molecule has 0 saturated heterocycles. The van der Waals surface area contributed by atoms with E-state index in [4.69, 9.17) is 4.52 Å². The van der Waals surface area contributed by atoms with Crippen molar-refractivity contribution in [3.63, 3.8) is 0 Å². The number of rotatable bonds is 6. The molecule has 0 aromatic carbocycles. The summed E-state index contributed by atoms with van der Waals surface area (Å²) in [5.74, 6) is 0.281. The second kappa shape index (κ2) is 6.46. The zero-order chi connectivity index (χ0) is 15.2. The van der Waals surface area contributed by atoms with Crippen molar-refractivity contribution in [2.45, 2.75) is 13.5 Å². The highest BCUT2D eigenvalue weighted by Gasteiger charge is 2.18. The molecule has 0 aliphatic heterocycles. The molecule has 9 nitrogen and oxygen atoms in total. The van der Waals surface area contributed by atoms with Crippen LogP contribution in [0.25, 0.3) is 0 Å². The Morgan fingerprint density at radius 3 is 2.95 bits per heavy atom. The van der Waals surface area contributed by atoms with E-state index < -0.39 is 10.8 Å². The summed E-state index contributed by atoms with van der Waals surface area (Å²) in [4.78, 5) is 26.2.